The van der Waals surface area contributed by atoms with Crippen molar-refractivity contribution in [3.63, 3.8) is 0 Å². The van der Waals surface area contributed by atoms with Crippen LogP contribution in [0.5, 0.6) is 0 Å². The van der Waals surface area contributed by atoms with E-state index in [4.69, 9.17) is 0 Å². The molecule has 26 heavy (non-hydrogen) atoms. The average molecular weight is 380 g/mol. The molecule has 2 fully saturated rings. The molecule has 1 aromatic rings. The average Bonchev–Trinajstić information content (AvgIpc) is 3.04. The normalized spacial score (nSPS) is 31.2. The van der Waals surface area contributed by atoms with E-state index in [1.54, 1.807) is 18.4 Å². The zero-order valence-corrected chi connectivity index (χ0v) is 16.5. The minimum Gasteiger partial charge on any atom is -0.389 e. The Morgan fingerprint density at radius 3 is 2.31 bits per heavy atom. The summed E-state index contributed by atoms with van der Waals surface area (Å²) in [4.78, 5) is 2.48. The van der Waals surface area contributed by atoms with E-state index in [9.17, 15) is 13.5 Å². The van der Waals surface area contributed by atoms with Gasteiger partial charge < -0.3 is 5.11 Å². The predicted octanol–water partition coefficient (Wildman–Crippen LogP) is 0.719. The van der Waals surface area contributed by atoms with Crippen LogP contribution in [0.4, 0.5) is 0 Å². The minimum atomic E-state index is -3.42. The molecular weight excluding hydrogens is 350 g/mol. The lowest BCUT2D eigenvalue weighted by atomic mass is 9.76. The van der Waals surface area contributed by atoms with Gasteiger partial charge in [0.05, 0.1) is 5.60 Å². The second-order valence-corrected chi connectivity index (χ2v) is 10.4. The van der Waals surface area contributed by atoms with Crippen molar-refractivity contribution in [2.45, 2.75) is 37.3 Å². The van der Waals surface area contributed by atoms with Gasteiger partial charge in [-0.1, -0.05) is 24.3 Å². The van der Waals surface area contributed by atoms with Crippen molar-refractivity contribution in [3.8, 4) is 0 Å². The quantitative estimate of drug-likeness (QED) is 0.841. The summed E-state index contributed by atoms with van der Waals surface area (Å²) in [7, 11) is -0.283. The second kappa shape index (κ2) is 6.56. The fourth-order valence-corrected chi connectivity index (χ4v) is 6.02. The number of rotatable bonds is 3. The lowest BCUT2D eigenvalue weighted by Crippen LogP contribution is -2.62. The van der Waals surface area contributed by atoms with Crippen molar-refractivity contribution < 1.29 is 13.5 Å². The van der Waals surface area contributed by atoms with Crippen LogP contribution < -0.4 is 0 Å². The first-order valence-corrected chi connectivity index (χ1v) is 10.9. The molecule has 1 aliphatic carbocycles. The highest BCUT2D eigenvalue weighted by atomic mass is 32.2. The number of fused-ring (bicyclic) bond motifs is 2. The molecule has 2 atom stereocenters. The van der Waals surface area contributed by atoms with E-state index in [1.165, 1.54) is 15.4 Å². The number of aliphatic hydroxyl groups is 1. The van der Waals surface area contributed by atoms with Crippen LogP contribution in [0.2, 0.25) is 0 Å². The Morgan fingerprint density at radius 1 is 1.08 bits per heavy atom. The summed E-state index contributed by atoms with van der Waals surface area (Å²) in [5.74, 6) is -0.0246. The number of likely N-dealkylation sites (tertiary alicyclic amines) is 1. The van der Waals surface area contributed by atoms with Gasteiger partial charge in [-0.15, -0.1) is 0 Å². The molecule has 4 rings (SSSR count). The number of benzene rings is 1. The molecule has 0 radical (unpaired) electrons. The largest absolute Gasteiger partial charge is 0.389 e. The maximum absolute atomic E-state index is 12.5. The molecule has 2 aliphatic heterocycles. The van der Waals surface area contributed by atoms with Gasteiger partial charge in [-0.05, 0) is 36.8 Å². The Kier molecular flexibility index (Phi) is 4.64. The van der Waals surface area contributed by atoms with Gasteiger partial charge in [0.1, 0.15) is 0 Å². The number of piperidine rings is 2. The van der Waals surface area contributed by atoms with Crippen LogP contribution in [0.25, 0.3) is 0 Å². The smallest absolute Gasteiger partial charge is 0.281 e. The van der Waals surface area contributed by atoms with E-state index in [0.29, 0.717) is 25.6 Å². The summed E-state index contributed by atoms with van der Waals surface area (Å²) in [6.07, 6.45) is 3.38. The van der Waals surface area contributed by atoms with Crippen molar-refractivity contribution in [2.24, 2.45) is 5.92 Å². The Balaban J connectivity index is 1.48. The fourth-order valence-electron chi connectivity index (χ4n) is 4.86. The van der Waals surface area contributed by atoms with Crippen LogP contribution in [0.3, 0.4) is 0 Å². The van der Waals surface area contributed by atoms with E-state index in [0.717, 1.165) is 32.4 Å². The molecule has 6 nitrogen and oxygen atoms in total. The van der Waals surface area contributed by atoms with Gasteiger partial charge >= 0.3 is 0 Å². The van der Waals surface area contributed by atoms with Crippen LogP contribution in [-0.4, -0.2) is 79.0 Å². The summed E-state index contributed by atoms with van der Waals surface area (Å²) >= 11 is 0. The Morgan fingerprint density at radius 2 is 1.69 bits per heavy atom. The molecule has 0 aromatic heterocycles. The highest BCUT2D eigenvalue weighted by Gasteiger charge is 2.48. The van der Waals surface area contributed by atoms with Crippen molar-refractivity contribution in [3.05, 3.63) is 35.4 Å². The summed E-state index contributed by atoms with van der Waals surface area (Å²) in [5.41, 5.74) is 2.14. The Hall–Kier alpha value is -0.990. The molecule has 0 spiro atoms. The SMILES string of the molecule is CN(C)S(=O)(=O)N1CC[C@@]2(O)CCN(C3Cc4ccccc4C3)C[C@H]2C1. The van der Waals surface area contributed by atoms with Gasteiger partial charge in [0, 0.05) is 52.2 Å². The van der Waals surface area contributed by atoms with Crippen molar-refractivity contribution in [1.29, 1.82) is 0 Å². The predicted molar refractivity (Wildman–Crippen MR) is 101 cm³/mol. The number of hydrogen-bond donors (Lipinski definition) is 1. The van der Waals surface area contributed by atoms with E-state index in [1.807, 2.05) is 0 Å². The number of hydrogen-bond acceptors (Lipinski definition) is 4. The van der Waals surface area contributed by atoms with E-state index in [2.05, 4.69) is 29.2 Å². The number of nitrogens with zero attached hydrogens (tertiary/aromatic N) is 3. The zero-order valence-electron chi connectivity index (χ0n) is 15.6. The summed E-state index contributed by atoms with van der Waals surface area (Å²) < 4.78 is 27.8. The summed E-state index contributed by atoms with van der Waals surface area (Å²) in [6, 6.07) is 9.09. The second-order valence-electron chi connectivity index (χ2n) is 8.27. The highest BCUT2D eigenvalue weighted by Crippen LogP contribution is 2.38. The first-order chi connectivity index (χ1) is 12.3. The first-order valence-electron chi connectivity index (χ1n) is 9.50. The highest BCUT2D eigenvalue weighted by molar-refractivity contribution is 7.86. The summed E-state index contributed by atoms with van der Waals surface area (Å²) in [5, 5.41) is 11.1. The molecule has 144 valence electrons. The lowest BCUT2D eigenvalue weighted by Gasteiger charge is -2.51. The van der Waals surface area contributed by atoms with Gasteiger partial charge in [-0.2, -0.15) is 17.0 Å². The Labute approximate surface area is 156 Å². The molecule has 2 heterocycles. The first kappa shape index (κ1) is 18.4. The fraction of sp³-hybridized carbons (Fsp3) is 0.684. The molecular formula is C19H29N3O3S. The third-order valence-corrected chi connectivity index (χ3v) is 8.51. The molecule has 1 aromatic carbocycles. The standard InChI is InChI=1S/C19H29N3O3S/c1-20(2)26(24,25)22-10-8-19(23)7-9-21(13-17(19)14-22)18-11-15-5-3-4-6-16(15)12-18/h3-6,17-18,23H,7-14H2,1-2H3/t17-,19-/m0/s1. The lowest BCUT2D eigenvalue weighted by molar-refractivity contribution is -0.108. The molecule has 7 heteroatoms. The molecule has 0 amide bonds. The van der Waals surface area contributed by atoms with Gasteiger partial charge in [-0.25, -0.2) is 0 Å². The monoisotopic (exact) mass is 379 g/mol. The Bertz CT molecular complexity index is 757. The third-order valence-electron chi connectivity index (χ3n) is 6.60. The third kappa shape index (κ3) is 3.10. The van der Waals surface area contributed by atoms with Gasteiger partial charge in [0.2, 0.25) is 0 Å². The molecule has 3 aliphatic rings. The van der Waals surface area contributed by atoms with Crippen molar-refractivity contribution in [2.75, 3.05) is 40.3 Å². The molecule has 0 saturated carbocycles. The van der Waals surface area contributed by atoms with Gasteiger partial charge in [0.15, 0.2) is 0 Å². The maximum atomic E-state index is 12.5. The molecule has 1 N–H and O–H groups in total. The van der Waals surface area contributed by atoms with E-state index in [-0.39, 0.29) is 5.92 Å². The molecule has 0 bridgehead atoms. The summed E-state index contributed by atoms with van der Waals surface area (Å²) in [6.45, 7) is 2.48. The van der Waals surface area contributed by atoms with Crippen LogP contribution >= 0.6 is 0 Å². The minimum absolute atomic E-state index is 0.0246. The van der Waals surface area contributed by atoms with Crippen molar-refractivity contribution >= 4 is 10.2 Å². The van der Waals surface area contributed by atoms with Crippen LogP contribution in [0.15, 0.2) is 24.3 Å². The van der Waals surface area contributed by atoms with Crippen LogP contribution in [0, 0.1) is 5.92 Å². The molecule has 2 saturated heterocycles. The van der Waals surface area contributed by atoms with E-state index >= 15 is 0 Å². The zero-order chi connectivity index (χ0) is 18.5. The maximum Gasteiger partial charge on any atom is 0.281 e. The van der Waals surface area contributed by atoms with Crippen LogP contribution in [0.1, 0.15) is 24.0 Å². The van der Waals surface area contributed by atoms with Gasteiger partial charge in [0.25, 0.3) is 10.2 Å². The van der Waals surface area contributed by atoms with E-state index < -0.39 is 15.8 Å². The van der Waals surface area contributed by atoms with Crippen molar-refractivity contribution in [1.82, 2.24) is 13.5 Å². The van der Waals surface area contributed by atoms with Gasteiger partial charge in [-0.3, -0.25) is 4.90 Å². The van der Waals surface area contributed by atoms with Crippen LogP contribution in [-0.2, 0) is 23.1 Å². The topological polar surface area (TPSA) is 64.1 Å². The molecule has 0 unspecified atom stereocenters.